The van der Waals surface area contributed by atoms with Crippen LogP contribution in [0.3, 0.4) is 0 Å². The number of fused-ring (bicyclic) bond motifs is 1. The van der Waals surface area contributed by atoms with Crippen LogP contribution < -0.4 is 5.32 Å². The molecule has 0 bridgehead atoms. The fraction of sp³-hybridized carbons (Fsp3) is 0.500. The second-order valence-corrected chi connectivity index (χ2v) is 7.87. The molecule has 0 unspecified atom stereocenters. The lowest BCUT2D eigenvalue weighted by molar-refractivity contribution is -0.126. The van der Waals surface area contributed by atoms with Crippen LogP contribution in [0.2, 0.25) is 0 Å². The third kappa shape index (κ3) is 4.14. The van der Waals surface area contributed by atoms with E-state index in [2.05, 4.69) is 5.32 Å². The maximum Gasteiger partial charge on any atom is 0.264 e. The standard InChI is InChI=1S/C20H25FN2O3S/c1-3-9-22-19(24)13-7-10-23(11-8-13)20(25)18-14(12-26-2)17-15(21)5-4-6-16(17)27-18/h4-6,13H,3,7-12H2,1-2H3,(H,22,24). The lowest BCUT2D eigenvalue weighted by Crippen LogP contribution is -2.43. The predicted octanol–water partition coefficient (Wildman–Crippen LogP) is 3.57. The van der Waals surface area contributed by atoms with E-state index in [-0.39, 0.29) is 30.2 Å². The van der Waals surface area contributed by atoms with Crippen LogP contribution in [-0.4, -0.2) is 43.5 Å². The normalized spacial score (nSPS) is 15.3. The fourth-order valence-corrected chi connectivity index (χ4v) is 4.69. The Labute approximate surface area is 162 Å². The minimum atomic E-state index is -0.332. The van der Waals surface area contributed by atoms with E-state index >= 15 is 0 Å². The highest BCUT2D eigenvalue weighted by atomic mass is 32.1. The lowest BCUT2D eigenvalue weighted by Gasteiger charge is -2.31. The zero-order valence-electron chi connectivity index (χ0n) is 15.7. The molecule has 1 saturated heterocycles. The van der Waals surface area contributed by atoms with E-state index in [0.717, 1.165) is 11.1 Å². The average Bonchev–Trinajstić information content (AvgIpc) is 3.06. The number of piperidine rings is 1. The Hall–Kier alpha value is -1.99. The molecule has 1 aliphatic rings. The Morgan fingerprint density at radius 2 is 2.07 bits per heavy atom. The van der Waals surface area contributed by atoms with E-state index in [1.165, 1.54) is 17.4 Å². The molecule has 2 aromatic rings. The van der Waals surface area contributed by atoms with E-state index in [9.17, 15) is 14.0 Å². The summed E-state index contributed by atoms with van der Waals surface area (Å²) in [5.74, 6) is -0.400. The van der Waals surface area contributed by atoms with Crippen molar-refractivity contribution in [3.05, 3.63) is 34.5 Å². The highest BCUT2D eigenvalue weighted by Gasteiger charge is 2.30. The molecule has 1 fully saturated rings. The van der Waals surface area contributed by atoms with Crippen LogP contribution in [0.4, 0.5) is 4.39 Å². The molecule has 0 aliphatic carbocycles. The number of rotatable bonds is 6. The molecule has 5 nitrogen and oxygen atoms in total. The predicted molar refractivity (Wildman–Crippen MR) is 104 cm³/mol. The van der Waals surface area contributed by atoms with Gasteiger partial charge in [-0.2, -0.15) is 0 Å². The number of carbonyl (C=O) groups is 2. The quantitative estimate of drug-likeness (QED) is 0.818. The molecule has 1 aromatic heterocycles. The first kappa shape index (κ1) is 19.8. The first-order valence-corrected chi connectivity index (χ1v) is 10.1. The largest absolute Gasteiger partial charge is 0.380 e. The Bertz CT molecular complexity index is 828. The second-order valence-electron chi connectivity index (χ2n) is 6.81. The van der Waals surface area contributed by atoms with Gasteiger partial charge in [0.15, 0.2) is 0 Å². The molecule has 0 saturated carbocycles. The number of thiophene rings is 1. The number of carbonyl (C=O) groups excluding carboxylic acids is 2. The SMILES string of the molecule is CCCNC(=O)C1CCN(C(=O)c2sc3cccc(F)c3c2COC)CC1. The van der Waals surface area contributed by atoms with Crippen molar-refractivity contribution in [2.45, 2.75) is 32.8 Å². The van der Waals surface area contributed by atoms with Gasteiger partial charge in [-0.25, -0.2) is 4.39 Å². The summed E-state index contributed by atoms with van der Waals surface area (Å²) in [6.45, 7) is 3.97. The number of nitrogens with one attached hydrogen (secondary N) is 1. The van der Waals surface area contributed by atoms with Crippen molar-refractivity contribution in [2.75, 3.05) is 26.7 Å². The summed E-state index contributed by atoms with van der Waals surface area (Å²) in [6, 6.07) is 4.88. The minimum absolute atomic E-state index is 0.0427. The Morgan fingerprint density at radius 1 is 1.33 bits per heavy atom. The number of hydrogen-bond acceptors (Lipinski definition) is 4. The third-order valence-corrected chi connectivity index (χ3v) is 6.13. The van der Waals surface area contributed by atoms with E-state index < -0.39 is 0 Å². The minimum Gasteiger partial charge on any atom is -0.380 e. The van der Waals surface area contributed by atoms with Crippen molar-refractivity contribution in [3.63, 3.8) is 0 Å². The maximum absolute atomic E-state index is 14.3. The Morgan fingerprint density at radius 3 is 2.74 bits per heavy atom. The zero-order chi connectivity index (χ0) is 19.4. The van der Waals surface area contributed by atoms with E-state index in [0.29, 0.717) is 48.3 Å². The molecular formula is C20H25FN2O3S. The highest BCUT2D eigenvalue weighted by Crippen LogP contribution is 2.35. The highest BCUT2D eigenvalue weighted by molar-refractivity contribution is 7.21. The smallest absolute Gasteiger partial charge is 0.264 e. The Kier molecular flexibility index (Phi) is 6.44. The third-order valence-electron chi connectivity index (χ3n) is 4.95. The van der Waals surface area contributed by atoms with Crippen LogP contribution in [0.25, 0.3) is 10.1 Å². The lowest BCUT2D eigenvalue weighted by atomic mass is 9.95. The summed E-state index contributed by atoms with van der Waals surface area (Å²) in [5.41, 5.74) is 0.614. The second kappa shape index (κ2) is 8.80. The molecule has 3 rings (SSSR count). The van der Waals surface area contributed by atoms with E-state index in [4.69, 9.17) is 4.74 Å². The summed E-state index contributed by atoms with van der Waals surface area (Å²) < 4.78 is 20.3. The Balaban J connectivity index is 1.76. The van der Waals surface area contributed by atoms with Gasteiger partial charge in [0, 0.05) is 48.3 Å². The molecule has 1 aliphatic heterocycles. The van der Waals surface area contributed by atoms with Crippen LogP contribution >= 0.6 is 11.3 Å². The van der Waals surface area contributed by atoms with Gasteiger partial charge in [-0.1, -0.05) is 13.0 Å². The monoisotopic (exact) mass is 392 g/mol. The van der Waals surface area contributed by atoms with Crippen LogP contribution in [0.15, 0.2) is 18.2 Å². The summed E-state index contributed by atoms with van der Waals surface area (Å²) in [7, 11) is 1.54. The molecule has 27 heavy (non-hydrogen) atoms. The van der Waals surface area contributed by atoms with Crippen molar-refractivity contribution >= 4 is 33.2 Å². The van der Waals surface area contributed by atoms with Gasteiger partial charge in [-0.15, -0.1) is 11.3 Å². The van der Waals surface area contributed by atoms with Crippen LogP contribution in [0.1, 0.15) is 41.4 Å². The summed E-state index contributed by atoms with van der Waals surface area (Å²) in [6.07, 6.45) is 2.22. The molecule has 146 valence electrons. The first-order valence-electron chi connectivity index (χ1n) is 9.32. The van der Waals surface area contributed by atoms with Crippen LogP contribution in [-0.2, 0) is 16.1 Å². The van der Waals surface area contributed by atoms with Crippen molar-refractivity contribution in [2.24, 2.45) is 5.92 Å². The first-order chi connectivity index (χ1) is 13.1. The zero-order valence-corrected chi connectivity index (χ0v) is 16.5. The van der Waals surface area contributed by atoms with E-state index in [1.807, 2.05) is 13.0 Å². The molecule has 2 amide bonds. The number of benzene rings is 1. The molecule has 1 aromatic carbocycles. The van der Waals surface area contributed by atoms with Crippen LogP contribution in [0, 0.1) is 11.7 Å². The van der Waals surface area contributed by atoms with E-state index in [1.54, 1.807) is 18.1 Å². The van der Waals surface area contributed by atoms with Gasteiger partial charge in [-0.3, -0.25) is 9.59 Å². The van der Waals surface area contributed by atoms with Gasteiger partial charge >= 0.3 is 0 Å². The van der Waals surface area contributed by atoms with Gasteiger partial charge in [0.2, 0.25) is 5.91 Å². The van der Waals surface area contributed by atoms with Gasteiger partial charge in [0.05, 0.1) is 11.5 Å². The number of ether oxygens (including phenoxy) is 1. The van der Waals surface area contributed by atoms with Crippen molar-refractivity contribution < 1.29 is 18.7 Å². The maximum atomic E-state index is 14.3. The number of hydrogen-bond donors (Lipinski definition) is 1. The molecule has 0 spiro atoms. The fourth-order valence-electron chi connectivity index (χ4n) is 3.50. The summed E-state index contributed by atoms with van der Waals surface area (Å²) in [4.78, 5) is 27.5. The van der Waals surface area contributed by atoms with Crippen molar-refractivity contribution in [3.8, 4) is 0 Å². The molecular weight excluding hydrogens is 367 g/mol. The van der Waals surface area contributed by atoms with Crippen LogP contribution in [0.5, 0.6) is 0 Å². The van der Waals surface area contributed by atoms with Crippen molar-refractivity contribution in [1.82, 2.24) is 10.2 Å². The van der Waals surface area contributed by atoms with Gasteiger partial charge in [-0.05, 0) is 31.4 Å². The molecule has 1 N–H and O–H groups in total. The molecule has 7 heteroatoms. The van der Waals surface area contributed by atoms with Gasteiger partial charge < -0.3 is 15.0 Å². The number of nitrogens with zero attached hydrogens (tertiary/aromatic N) is 1. The number of methoxy groups -OCH3 is 1. The summed E-state index contributed by atoms with van der Waals surface area (Å²) >= 11 is 1.31. The van der Waals surface area contributed by atoms with Crippen molar-refractivity contribution in [1.29, 1.82) is 0 Å². The molecule has 0 atom stereocenters. The number of halogens is 1. The molecule has 2 heterocycles. The average molecular weight is 392 g/mol. The number of likely N-dealkylation sites (tertiary alicyclic amines) is 1. The summed E-state index contributed by atoms with van der Waals surface area (Å²) in [5, 5.41) is 3.40. The molecule has 0 radical (unpaired) electrons. The van der Waals surface area contributed by atoms with Gasteiger partial charge in [0.1, 0.15) is 5.82 Å². The number of amides is 2. The van der Waals surface area contributed by atoms with Gasteiger partial charge in [0.25, 0.3) is 5.91 Å². The topological polar surface area (TPSA) is 58.6 Å².